The third-order valence-electron chi connectivity index (χ3n) is 5.56. The zero-order chi connectivity index (χ0) is 19.5. The normalized spacial score (nSPS) is 16.3. The molecule has 1 fully saturated rings. The average Bonchev–Trinajstić information content (AvgIpc) is 3.21. The van der Waals surface area contributed by atoms with Crippen LogP contribution >= 0.6 is 24.0 Å². The molecule has 1 aromatic carbocycles. The molecule has 1 aliphatic heterocycles. The number of rotatable bonds is 10. The second-order valence-corrected chi connectivity index (χ2v) is 7.83. The van der Waals surface area contributed by atoms with Crippen molar-refractivity contribution in [3.8, 4) is 0 Å². The van der Waals surface area contributed by atoms with Gasteiger partial charge in [-0.1, -0.05) is 30.3 Å². The summed E-state index contributed by atoms with van der Waals surface area (Å²) >= 11 is 0. The molecule has 2 N–H and O–H groups in total. The fourth-order valence-corrected chi connectivity index (χ4v) is 3.55. The van der Waals surface area contributed by atoms with Gasteiger partial charge in [-0.25, -0.2) is 0 Å². The maximum atomic E-state index is 4.41. The van der Waals surface area contributed by atoms with Gasteiger partial charge in [0.1, 0.15) is 0 Å². The number of nitrogens with one attached hydrogen (secondary N) is 2. The molecule has 1 saturated heterocycles. The van der Waals surface area contributed by atoms with Crippen molar-refractivity contribution in [2.24, 2.45) is 4.99 Å². The molecule has 0 saturated carbocycles. The van der Waals surface area contributed by atoms with Gasteiger partial charge in [0, 0.05) is 26.2 Å². The van der Waals surface area contributed by atoms with Crippen molar-refractivity contribution >= 4 is 29.9 Å². The molecule has 5 nitrogen and oxygen atoms in total. The smallest absolute Gasteiger partial charge is 0.191 e. The minimum absolute atomic E-state index is 0. The summed E-state index contributed by atoms with van der Waals surface area (Å²) < 4.78 is 0. The highest BCUT2D eigenvalue weighted by Crippen LogP contribution is 2.24. The highest BCUT2D eigenvalue weighted by atomic mass is 127. The van der Waals surface area contributed by atoms with E-state index in [9.17, 15) is 0 Å². The Bertz CT molecular complexity index is 543. The highest BCUT2D eigenvalue weighted by Gasteiger charge is 2.23. The first kappa shape index (κ1) is 25.2. The Morgan fingerprint density at radius 1 is 1.11 bits per heavy atom. The van der Waals surface area contributed by atoms with Crippen LogP contribution < -0.4 is 10.6 Å². The number of halogens is 1. The van der Waals surface area contributed by atoms with Gasteiger partial charge in [-0.15, -0.1) is 24.0 Å². The van der Waals surface area contributed by atoms with Crippen molar-refractivity contribution in [3.05, 3.63) is 35.9 Å². The van der Waals surface area contributed by atoms with Crippen LogP contribution in [0.2, 0.25) is 0 Å². The molecule has 0 aromatic heterocycles. The minimum atomic E-state index is 0. The van der Waals surface area contributed by atoms with E-state index in [1.54, 1.807) is 0 Å². The minimum Gasteiger partial charge on any atom is -0.356 e. The van der Waals surface area contributed by atoms with Crippen LogP contribution in [0.4, 0.5) is 0 Å². The summed E-state index contributed by atoms with van der Waals surface area (Å²) in [5.41, 5.74) is 1.39. The molecule has 1 heterocycles. The largest absolute Gasteiger partial charge is 0.356 e. The summed E-state index contributed by atoms with van der Waals surface area (Å²) in [6.45, 7) is 9.87. The Morgan fingerprint density at radius 2 is 1.79 bits per heavy atom. The van der Waals surface area contributed by atoms with Gasteiger partial charge < -0.3 is 15.5 Å². The third-order valence-corrected chi connectivity index (χ3v) is 5.56. The first-order chi connectivity index (χ1) is 13.1. The molecule has 1 unspecified atom stereocenters. The number of likely N-dealkylation sites (tertiary alicyclic amines) is 1. The van der Waals surface area contributed by atoms with Crippen LogP contribution in [0, 0.1) is 0 Å². The lowest BCUT2D eigenvalue weighted by Crippen LogP contribution is -2.43. The Hall–Kier alpha value is -0.860. The molecule has 28 heavy (non-hydrogen) atoms. The van der Waals surface area contributed by atoms with E-state index in [1.807, 2.05) is 7.05 Å². The van der Waals surface area contributed by atoms with Gasteiger partial charge in [-0.05, 0) is 71.8 Å². The second kappa shape index (κ2) is 14.2. The van der Waals surface area contributed by atoms with Crippen LogP contribution in [0.25, 0.3) is 0 Å². The van der Waals surface area contributed by atoms with Gasteiger partial charge in [-0.3, -0.25) is 9.89 Å². The van der Waals surface area contributed by atoms with Gasteiger partial charge in [0.05, 0.1) is 6.04 Å². The fourth-order valence-electron chi connectivity index (χ4n) is 3.55. The van der Waals surface area contributed by atoms with Crippen LogP contribution in [-0.2, 0) is 0 Å². The predicted octanol–water partition coefficient (Wildman–Crippen LogP) is 3.73. The van der Waals surface area contributed by atoms with Crippen molar-refractivity contribution in [1.29, 1.82) is 0 Å². The summed E-state index contributed by atoms with van der Waals surface area (Å²) in [4.78, 5) is 9.40. The molecule has 6 heteroatoms. The Kier molecular flexibility index (Phi) is 12.7. The lowest BCUT2D eigenvalue weighted by molar-refractivity contribution is 0.245. The zero-order valence-electron chi connectivity index (χ0n) is 18.2. The molecule has 0 radical (unpaired) electrons. The number of unbranched alkanes of at least 4 members (excludes halogenated alkanes) is 1. The summed E-state index contributed by atoms with van der Waals surface area (Å²) in [6.07, 6.45) is 4.98. The maximum absolute atomic E-state index is 4.41. The van der Waals surface area contributed by atoms with Crippen LogP contribution in [0.1, 0.15) is 51.1 Å². The van der Waals surface area contributed by atoms with Gasteiger partial charge in [0.25, 0.3) is 0 Å². The molecule has 0 bridgehead atoms. The molecule has 1 aromatic rings. The molecular formula is C22H40IN5. The predicted molar refractivity (Wildman–Crippen MR) is 132 cm³/mol. The standard InChI is InChI=1S/C22H39N5.HI/c1-19(2)26(4)15-9-8-14-24-22(23-3)25-18-21(27-16-10-11-17-27)20-12-6-5-7-13-20;/h5-7,12-13,19,21H,8-11,14-18H2,1-4H3,(H2,23,24,25);1H. The number of guanidine groups is 1. The summed E-state index contributed by atoms with van der Waals surface area (Å²) in [7, 11) is 4.05. The van der Waals surface area contributed by atoms with E-state index in [0.717, 1.165) is 32.0 Å². The SMILES string of the molecule is CN=C(NCCCCN(C)C(C)C)NCC(c1ccccc1)N1CCCC1.I. The highest BCUT2D eigenvalue weighted by molar-refractivity contribution is 14.0. The lowest BCUT2D eigenvalue weighted by atomic mass is 10.1. The summed E-state index contributed by atoms with van der Waals surface area (Å²) in [5.74, 6) is 0.910. The van der Waals surface area contributed by atoms with Crippen molar-refractivity contribution in [1.82, 2.24) is 20.4 Å². The van der Waals surface area contributed by atoms with Crippen LogP contribution in [0.15, 0.2) is 35.3 Å². The van der Waals surface area contributed by atoms with Crippen molar-refractivity contribution in [3.63, 3.8) is 0 Å². The molecule has 0 amide bonds. The van der Waals surface area contributed by atoms with E-state index in [2.05, 4.69) is 76.7 Å². The van der Waals surface area contributed by atoms with Crippen molar-refractivity contribution < 1.29 is 0 Å². The molecule has 1 atom stereocenters. The van der Waals surface area contributed by atoms with E-state index in [-0.39, 0.29) is 24.0 Å². The maximum Gasteiger partial charge on any atom is 0.191 e. The molecule has 160 valence electrons. The number of nitrogens with zero attached hydrogens (tertiary/aromatic N) is 3. The quantitative estimate of drug-likeness (QED) is 0.222. The van der Waals surface area contributed by atoms with E-state index in [1.165, 1.54) is 37.9 Å². The zero-order valence-corrected chi connectivity index (χ0v) is 20.5. The van der Waals surface area contributed by atoms with Gasteiger partial charge in [-0.2, -0.15) is 0 Å². The summed E-state index contributed by atoms with van der Waals surface area (Å²) in [5, 5.41) is 7.02. The van der Waals surface area contributed by atoms with Gasteiger partial charge >= 0.3 is 0 Å². The van der Waals surface area contributed by atoms with Crippen molar-refractivity contribution in [2.45, 2.75) is 51.6 Å². The fraction of sp³-hybridized carbons (Fsp3) is 0.682. The number of hydrogen-bond acceptors (Lipinski definition) is 3. The van der Waals surface area contributed by atoms with Gasteiger partial charge in [0.2, 0.25) is 0 Å². The van der Waals surface area contributed by atoms with Crippen LogP contribution in [-0.4, -0.2) is 68.6 Å². The number of hydrogen-bond donors (Lipinski definition) is 2. The Morgan fingerprint density at radius 3 is 2.39 bits per heavy atom. The molecule has 2 rings (SSSR count). The third kappa shape index (κ3) is 8.66. The van der Waals surface area contributed by atoms with E-state index in [4.69, 9.17) is 0 Å². The number of aliphatic imine (C=N–C) groups is 1. The van der Waals surface area contributed by atoms with E-state index < -0.39 is 0 Å². The summed E-state index contributed by atoms with van der Waals surface area (Å²) in [6, 6.07) is 11.9. The topological polar surface area (TPSA) is 42.9 Å². The molecule has 0 spiro atoms. The van der Waals surface area contributed by atoms with Crippen molar-refractivity contribution in [2.75, 3.05) is 46.8 Å². The molecule has 0 aliphatic carbocycles. The molecule has 1 aliphatic rings. The Labute approximate surface area is 189 Å². The van der Waals surface area contributed by atoms with Gasteiger partial charge in [0.15, 0.2) is 5.96 Å². The average molecular weight is 502 g/mol. The van der Waals surface area contributed by atoms with E-state index in [0.29, 0.717) is 12.1 Å². The monoisotopic (exact) mass is 501 g/mol. The van der Waals surface area contributed by atoms with E-state index >= 15 is 0 Å². The first-order valence-electron chi connectivity index (χ1n) is 10.6. The first-order valence-corrected chi connectivity index (χ1v) is 10.6. The molecular weight excluding hydrogens is 461 g/mol. The second-order valence-electron chi connectivity index (χ2n) is 7.83. The number of benzene rings is 1. The Balaban J connectivity index is 0.00000392. The lowest BCUT2D eigenvalue weighted by Gasteiger charge is -2.29. The van der Waals surface area contributed by atoms with Crippen LogP contribution in [0.5, 0.6) is 0 Å². The van der Waals surface area contributed by atoms with Crippen LogP contribution in [0.3, 0.4) is 0 Å².